The van der Waals surface area contributed by atoms with Crippen molar-refractivity contribution in [1.29, 1.82) is 0 Å². The van der Waals surface area contributed by atoms with Crippen LogP contribution in [0.4, 0.5) is 15.8 Å². The van der Waals surface area contributed by atoms with Gasteiger partial charge in [0.2, 0.25) is 0 Å². The summed E-state index contributed by atoms with van der Waals surface area (Å²) in [5, 5.41) is 3.43. The van der Waals surface area contributed by atoms with Crippen LogP contribution in [0.2, 0.25) is 0 Å². The van der Waals surface area contributed by atoms with Gasteiger partial charge >= 0.3 is 0 Å². The lowest BCUT2D eigenvalue weighted by atomic mass is 9.90. The molecule has 1 aromatic rings. The maximum atomic E-state index is 13.4. The van der Waals surface area contributed by atoms with Gasteiger partial charge in [0.25, 0.3) is 0 Å². The largest absolute Gasteiger partial charge is 0.397 e. The lowest BCUT2D eigenvalue weighted by molar-refractivity contribution is 0.00994. The van der Waals surface area contributed by atoms with Crippen molar-refractivity contribution in [2.75, 3.05) is 30.7 Å². The quantitative estimate of drug-likeness (QED) is 0.807. The normalized spacial score (nSPS) is 26.4. The van der Waals surface area contributed by atoms with Crippen LogP contribution in [0.15, 0.2) is 18.2 Å². The maximum absolute atomic E-state index is 13.4. The first-order valence-corrected chi connectivity index (χ1v) is 9.33. The van der Waals surface area contributed by atoms with E-state index in [1.807, 2.05) is 0 Å². The first-order chi connectivity index (χ1) is 11.7. The number of hydrogen-bond acceptors (Lipinski definition) is 4. The van der Waals surface area contributed by atoms with Crippen LogP contribution in [-0.2, 0) is 4.74 Å². The number of rotatable bonds is 5. The molecular weight excluding hydrogens is 305 g/mol. The minimum atomic E-state index is -0.241. The number of nitrogens with zero attached hydrogens (tertiary/aromatic N) is 1. The van der Waals surface area contributed by atoms with Crippen molar-refractivity contribution in [3.63, 3.8) is 0 Å². The standard InChI is InChI=1S/C19H30FN3O/c1-2-24-17-6-4-16(5-7-17)23-11-9-15(10-12-23)22-19-13-14(20)3-8-18(19)21/h3,8,13,15-17,22H,2,4-7,9-12,21H2,1H3. The van der Waals surface area contributed by atoms with Crippen LogP contribution < -0.4 is 11.1 Å². The number of benzene rings is 1. The Balaban J connectivity index is 1.45. The molecule has 0 amide bonds. The van der Waals surface area contributed by atoms with Gasteiger partial charge in [-0.1, -0.05) is 0 Å². The van der Waals surface area contributed by atoms with Crippen molar-refractivity contribution in [1.82, 2.24) is 4.90 Å². The first kappa shape index (κ1) is 17.5. The fourth-order valence-corrected chi connectivity index (χ4v) is 4.10. The second-order valence-corrected chi connectivity index (χ2v) is 7.07. The first-order valence-electron chi connectivity index (χ1n) is 9.33. The van der Waals surface area contributed by atoms with Crippen LogP contribution in [0.5, 0.6) is 0 Å². The second kappa shape index (κ2) is 8.17. The fraction of sp³-hybridized carbons (Fsp3) is 0.684. The van der Waals surface area contributed by atoms with Crippen LogP contribution >= 0.6 is 0 Å². The van der Waals surface area contributed by atoms with Gasteiger partial charge in [0.15, 0.2) is 0 Å². The van der Waals surface area contributed by atoms with Gasteiger partial charge < -0.3 is 20.7 Å². The molecule has 0 aromatic heterocycles. The van der Waals surface area contributed by atoms with E-state index in [1.165, 1.54) is 37.8 Å². The van der Waals surface area contributed by atoms with Crippen molar-refractivity contribution in [2.45, 2.75) is 63.6 Å². The Kier molecular flexibility index (Phi) is 5.95. The number of hydrogen-bond donors (Lipinski definition) is 2. The van der Waals surface area contributed by atoms with Crippen molar-refractivity contribution >= 4 is 11.4 Å². The summed E-state index contributed by atoms with van der Waals surface area (Å²) in [6.45, 7) is 5.12. The number of anilines is 2. The van der Waals surface area contributed by atoms with Crippen LogP contribution in [0.3, 0.4) is 0 Å². The zero-order valence-corrected chi connectivity index (χ0v) is 14.6. The van der Waals surface area contributed by atoms with E-state index in [0.29, 0.717) is 23.9 Å². The second-order valence-electron chi connectivity index (χ2n) is 7.07. The summed E-state index contributed by atoms with van der Waals surface area (Å²) in [5.41, 5.74) is 7.28. The highest BCUT2D eigenvalue weighted by Gasteiger charge is 2.29. The minimum Gasteiger partial charge on any atom is -0.397 e. The Labute approximate surface area is 144 Å². The summed E-state index contributed by atoms with van der Waals surface area (Å²) >= 11 is 0. The zero-order valence-electron chi connectivity index (χ0n) is 14.6. The molecule has 1 aliphatic carbocycles. The lowest BCUT2D eigenvalue weighted by Crippen LogP contribution is -2.46. The molecule has 0 unspecified atom stereocenters. The molecule has 1 saturated carbocycles. The molecule has 1 aliphatic heterocycles. The van der Waals surface area contributed by atoms with E-state index in [2.05, 4.69) is 17.1 Å². The number of halogens is 1. The predicted molar refractivity (Wildman–Crippen MR) is 96.7 cm³/mol. The van der Waals surface area contributed by atoms with Gasteiger partial charge in [-0.25, -0.2) is 4.39 Å². The highest BCUT2D eigenvalue weighted by molar-refractivity contribution is 5.66. The predicted octanol–water partition coefficient (Wildman–Crippen LogP) is 3.63. The van der Waals surface area contributed by atoms with Crippen molar-refractivity contribution < 1.29 is 9.13 Å². The molecule has 134 valence electrons. The van der Waals surface area contributed by atoms with E-state index in [1.54, 1.807) is 6.07 Å². The summed E-state index contributed by atoms with van der Waals surface area (Å²) in [6.07, 6.45) is 7.52. The molecule has 3 N–H and O–H groups in total. The number of piperidine rings is 1. The van der Waals surface area contributed by atoms with Crippen LogP contribution in [0, 0.1) is 5.82 Å². The zero-order chi connectivity index (χ0) is 16.9. The van der Waals surface area contributed by atoms with E-state index in [4.69, 9.17) is 10.5 Å². The average molecular weight is 335 g/mol. The van der Waals surface area contributed by atoms with Crippen molar-refractivity contribution in [3.8, 4) is 0 Å². The molecule has 0 radical (unpaired) electrons. The molecule has 4 nitrogen and oxygen atoms in total. The molecule has 1 aromatic carbocycles. The summed E-state index contributed by atoms with van der Waals surface area (Å²) < 4.78 is 19.1. The number of nitrogens with two attached hydrogens (primary N) is 1. The summed E-state index contributed by atoms with van der Waals surface area (Å²) in [4.78, 5) is 2.63. The number of likely N-dealkylation sites (tertiary alicyclic amines) is 1. The van der Waals surface area contributed by atoms with Crippen molar-refractivity contribution in [2.24, 2.45) is 0 Å². The molecular formula is C19H30FN3O. The molecule has 0 spiro atoms. The van der Waals surface area contributed by atoms with E-state index < -0.39 is 0 Å². The molecule has 2 aliphatic rings. The Hall–Kier alpha value is -1.33. The molecule has 0 atom stereocenters. The van der Waals surface area contributed by atoms with E-state index in [-0.39, 0.29) is 5.82 Å². The highest BCUT2D eigenvalue weighted by Crippen LogP contribution is 2.29. The smallest absolute Gasteiger partial charge is 0.125 e. The lowest BCUT2D eigenvalue weighted by Gasteiger charge is -2.41. The number of ether oxygens (including phenoxy) is 1. The van der Waals surface area contributed by atoms with E-state index >= 15 is 0 Å². The number of nitrogen functional groups attached to an aromatic ring is 1. The average Bonchev–Trinajstić information content (AvgIpc) is 2.60. The van der Waals surface area contributed by atoms with Gasteiger partial charge in [0.1, 0.15) is 5.82 Å². The van der Waals surface area contributed by atoms with E-state index in [0.717, 1.165) is 38.2 Å². The Morgan fingerprint density at radius 1 is 1.17 bits per heavy atom. The third-order valence-electron chi connectivity index (χ3n) is 5.47. The SMILES string of the molecule is CCOC1CCC(N2CCC(Nc3cc(F)ccc3N)CC2)CC1. The summed E-state index contributed by atoms with van der Waals surface area (Å²) in [6, 6.07) is 5.62. The van der Waals surface area contributed by atoms with Gasteiger partial charge in [-0.05, 0) is 63.6 Å². The Morgan fingerprint density at radius 2 is 1.88 bits per heavy atom. The third-order valence-corrected chi connectivity index (χ3v) is 5.47. The Morgan fingerprint density at radius 3 is 2.54 bits per heavy atom. The van der Waals surface area contributed by atoms with E-state index in [9.17, 15) is 4.39 Å². The molecule has 1 heterocycles. The van der Waals surface area contributed by atoms with Gasteiger partial charge in [-0.15, -0.1) is 0 Å². The fourth-order valence-electron chi connectivity index (χ4n) is 4.10. The topological polar surface area (TPSA) is 50.5 Å². The van der Waals surface area contributed by atoms with Gasteiger partial charge in [0.05, 0.1) is 17.5 Å². The number of nitrogens with one attached hydrogen (secondary N) is 1. The molecule has 2 fully saturated rings. The molecule has 24 heavy (non-hydrogen) atoms. The maximum Gasteiger partial charge on any atom is 0.125 e. The molecule has 3 rings (SSSR count). The molecule has 0 bridgehead atoms. The minimum absolute atomic E-state index is 0.241. The third kappa shape index (κ3) is 4.39. The van der Waals surface area contributed by atoms with Gasteiger partial charge in [-0.3, -0.25) is 0 Å². The van der Waals surface area contributed by atoms with Gasteiger partial charge in [-0.2, -0.15) is 0 Å². The van der Waals surface area contributed by atoms with Crippen LogP contribution in [0.25, 0.3) is 0 Å². The highest BCUT2D eigenvalue weighted by atomic mass is 19.1. The summed E-state index contributed by atoms with van der Waals surface area (Å²) in [5.74, 6) is -0.241. The van der Waals surface area contributed by atoms with Crippen molar-refractivity contribution in [3.05, 3.63) is 24.0 Å². The van der Waals surface area contributed by atoms with Gasteiger partial charge in [0, 0.05) is 31.8 Å². The van der Waals surface area contributed by atoms with Crippen LogP contribution in [0.1, 0.15) is 45.4 Å². The molecule has 1 saturated heterocycles. The summed E-state index contributed by atoms with van der Waals surface area (Å²) in [7, 11) is 0. The molecule has 5 heteroatoms. The van der Waals surface area contributed by atoms with Crippen LogP contribution in [-0.4, -0.2) is 42.8 Å². The monoisotopic (exact) mass is 335 g/mol. The Bertz CT molecular complexity index is 523.